The smallest absolute Gasteiger partial charge is 0.277 e. The van der Waals surface area contributed by atoms with Crippen molar-refractivity contribution < 1.29 is 14.6 Å². The SMILES string of the molecule is CC(C)(C)CC(C)(C)c1ccc(OCC(=O)N/N=C/c2cc(Cl)cc(Cl)c2O)cc1. The Labute approximate surface area is 188 Å². The maximum absolute atomic E-state index is 11.9. The fourth-order valence-electron chi connectivity index (χ4n) is 3.47. The third-order valence-corrected chi connectivity index (χ3v) is 4.93. The Morgan fingerprint density at radius 2 is 1.77 bits per heavy atom. The molecular formula is C23H28Cl2N2O3. The maximum Gasteiger partial charge on any atom is 0.277 e. The summed E-state index contributed by atoms with van der Waals surface area (Å²) < 4.78 is 5.52. The maximum atomic E-state index is 11.9. The van der Waals surface area contributed by atoms with Crippen molar-refractivity contribution in [1.29, 1.82) is 0 Å². The Hall–Kier alpha value is -2.24. The van der Waals surface area contributed by atoms with E-state index in [0.717, 1.165) is 6.42 Å². The molecule has 0 saturated carbocycles. The molecule has 0 fully saturated rings. The fourth-order valence-corrected chi connectivity index (χ4v) is 3.98. The number of phenols is 1. The number of hydrazone groups is 1. The summed E-state index contributed by atoms with van der Waals surface area (Å²) in [7, 11) is 0. The molecule has 0 aliphatic rings. The Morgan fingerprint density at radius 3 is 2.37 bits per heavy atom. The van der Waals surface area contributed by atoms with Crippen molar-refractivity contribution in [3.8, 4) is 11.5 Å². The molecule has 0 unspecified atom stereocenters. The summed E-state index contributed by atoms with van der Waals surface area (Å²) in [5.41, 5.74) is 4.12. The molecule has 0 spiro atoms. The second-order valence-electron chi connectivity index (χ2n) is 9.05. The molecule has 0 atom stereocenters. The molecule has 5 nitrogen and oxygen atoms in total. The van der Waals surface area contributed by atoms with Crippen molar-refractivity contribution in [3.05, 3.63) is 57.6 Å². The van der Waals surface area contributed by atoms with Gasteiger partial charge < -0.3 is 9.84 Å². The van der Waals surface area contributed by atoms with Crippen LogP contribution >= 0.6 is 23.2 Å². The van der Waals surface area contributed by atoms with Crippen LogP contribution in [0.5, 0.6) is 11.5 Å². The van der Waals surface area contributed by atoms with E-state index >= 15 is 0 Å². The van der Waals surface area contributed by atoms with E-state index in [1.807, 2.05) is 24.3 Å². The lowest BCUT2D eigenvalue weighted by Gasteiger charge is -2.33. The van der Waals surface area contributed by atoms with Gasteiger partial charge in [0.25, 0.3) is 5.91 Å². The van der Waals surface area contributed by atoms with E-state index in [-0.39, 0.29) is 28.2 Å². The molecule has 30 heavy (non-hydrogen) atoms. The topological polar surface area (TPSA) is 70.9 Å². The molecule has 2 N–H and O–H groups in total. The molecule has 0 aliphatic carbocycles. The molecule has 2 aromatic rings. The lowest BCUT2D eigenvalue weighted by atomic mass is 9.72. The highest BCUT2D eigenvalue weighted by atomic mass is 35.5. The number of nitrogens with one attached hydrogen (secondary N) is 1. The standard InChI is InChI=1S/C23H28Cl2N2O3/c1-22(2,3)14-23(4,5)16-6-8-18(9-7-16)30-13-20(28)27-26-12-15-10-17(24)11-19(25)21(15)29/h6-12,29H,13-14H2,1-5H3,(H,27,28)/b26-12+. The van der Waals surface area contributed by atoms with Crippen LogP contribution < -0.4 is 10.2 Å². The zero-order valence-corrected chi connectivity index (χ0v) is 19.4. The van der Waals surface area contributed by atoms with Gasteiger partial charge in [-0.15, -0.1) is 0 Å². The van der Waals surface area contributed by atoms with Gasteiger partial charge in [0.2, 0.25) is 0 Å². The van der Waals surface area contributed by atoms with Crippen molar-refractivity contribution in [1.82, 2.24) is 5.43 Å². The number of amides is 1. The minimum Gasteiger partial charge on any atom is -0.506 e. The van der Waals surface area contributed by atoms with E-state index in [9.17, 15) is 9.90 Å². The highest BCUT2D eigenvalue weighted by molar-refractivity contribution is 6.36. The van der Waals surface area contributed by atoms with E-state index < -0.39 is 5.91 Å². The van der Waals surface area contributed by atoms with Crippen LogP contribution in [0.3, 0.4) is 0 Å². The Kier molecular flexibility index (Phi) is 7.78. The molecule has 0 radical (unpaired) electrons. The second kappa shape index (κ2) is 9.71. The number of rotatable bonds is 7. The van der Waals surface area contributed by atoms with Crippen molar-refractivity contribution >= 4 is 35.3 Å². The molecule has 1 amide bonds. The molecule has 7 heteroatoms. The van der Waals surface area contributed by atoms with Gasteiger partial charge in [0.1, 0.15) is 11.5 Å². The van der Waals surface area contributed by atoms with Crippen LogP contribution in [-0.4, -0.2) is 23.8 Å². The lowest BCUT2D eigenvalue weighted by molar-refractivity contribution is -0.123. The lowest BCUT2D eigenvalue weighted by Crippen LogP contribution is -2.25. The summed E-state index contributed by atoms with van der Waals surface area (Å²) in [5.74, 6) is 0.00417. The number of ether oxygens (including phenoxy) is 1. The van der Waals surface area contributed by atoms with Gasteiger partial charge in [-0.25, -0.2) is 5.43 Å². The first-order valence-electron chi connectivity index (χ1n) is 9.61. The quantitative estimate of drug-likeness (QED) is 0.404. The third kappa shape index (κ3) is 7.22. The summed E-state index contributed by atoms with van der Waals surface area (Å²) in [6.45, 7) is 11.0. The zero-order valence-electron chi connectivity index (χ0n) is 17.9. The summed E-state index contributed by atoms with van der Waals surface area (Å²) in [6.07, 6.45) is 2.31. The monoisotopic (exact) mass is 450 g/mol. The second-order valence-corrected chi connectivity index (χ2v) is 9.90. The van der Waals surface area contributed by atoms with Gasteiger partial charge in [0.15, 0.2) is 6.61 Å². The molecule has 2 aromatic carbocycles. The molecule has 2 rings (SSSR count). The minimum absolute atomic E-state index is 0.0393. The highest BCUT2D eigenvalue weighted by Crippen LogP contribution is 2.36. The molecular weight excluding hydrogens is 423 g/mol. The summed E-state index contributed by atoms with van der Waals surface area (Å²) in [5, 5.41) is 14.1. The Bertz CT molecular complexity index is 917. The van der Waals surface area contributed by atoms with Crippen molar-refractivity contribution in [3.63, 3.8) is 0 Å². The van der Waals surface area contributed by atoms with Crippen molar-refractivity contribution in [2.24, 2.45) is 10.5 Å². The first-order chi connectivity index (χ1) is 13.9. The number of nitrogens with zero attached hydrogens (tertiary/aromatic N) is 1. The van der Waals surface area contributed by atoms with Crippen LogP contribution in [0.4, 0.5) is 0 Å². The molecule has 0 aliphatic heterocycles. The summed E-state index contributed by atoms with van der Waals surface area (Å²) >= 11 is 11.7. The van der Waals surface area contributed by atoms with E-state index in [0.29, 0.717) is 16.3 Å². The molecule has 162 valence electrons. The van der Waals surface area contributed by atoms with Crippen molar-refractivity contribution in [2.45, 2.75) is 46.5 Å². The first-order valence-corrected chi connectivity index (χ1v) is 10.4. The van der Waals surface area contributed by atoms with Crippen LogP contribution in [0.2, 0.25) is 10.0 Å². The van der Waals surface area contributed by atoms with E-state index in [1.165, 1.54) is 23.9 Å². The molecule has 0 aromatic heterocycles. The predicted octanol–water partition coefficient (Wildman–Crippen LogP) is 5.94. The van der Waals surface area contributed by atoms with E-state index in [1.54, 1.807) is 0 Å². The number of hydrogen-bond acceptors (Lipinski definition) is 4. The van der Waals surface area contributed by atoms with Crippen molar-refractivity contribution in [2.75, 3.05) is 6.61 Å². The summed E-state index contributed by atoms with van der Waals surface area (Å²) in [4.78, 5) is 11.9. The van der Waals surface area contributed by atoms with Gasteiger partial charge in [0.05, 0.1) is 11.2 Å². The molecule has 0 saturated heterocycles. The first kappa shape index (κ1) is 24.0. The average Bonchev–Trinajstić information content (AvgIpc) is 2.62. The largest absolute Gasteiger partial charge is 0.506 e. The van der Waals surface area contributed by atoms with E-state index in [2.05, 4.69) is 45.1 Å². The average molecular weight is 451 g/mol. The van der Waals surface area contributed by atoms with E-state index in [4.69, 9.17) is 27.9 Å². The van der Waals surface area contributed by atoms with Crippen LogP contribution in [0.15, 0.2) is 41.5 Å². The summed E-state index contributed by atoms with van der Waals surface area (Å²) in [6, 6.07) is 10.7. The predicted molar refractivity (Wildman–Crippen MR) is 123 cm³/mol. The number of carbonyl (C=O) groups is 1. The van der Waals surface area contributed by atoms with Gasteiger partial charge in [-0.3, -0.25) is 4.79 Å². The number of carbonyl (C=O) groups excluding carboxylic acids is 1. The number of aromatic hydroxyl groups is 1. The number of halogens is 2. The third-order valence-electron chi connectivity index (χ3n) is 4.43. The normalized spacial score (nSPS) is 12.2. The molecule has 0 heterocycles. The fraction of sp³-hybridized carbons (Fsp3) is 0.391. The number of phenolic OH excluding ortho intramolecular Hbond substituents is 1. The van der Waals surface area contributed by atoms with Gasteiger partial charge in [-0.05, 0) is 47.1 Å². The molecule has 0 bridgehead atoms. The zero-order chi connectivity index (χ0) is 22.5. The minimum atomic E-state index is -0.434. The number of benzene rings is 2. The van der Waals surface area contributed by atoms with Gasteiger partial charge >= 0.3 is 0 Å². The van der Waals surface area contributed by atoms with Crippen LogP contribution in [-0.2, 0) is 10.2 Å². The van der Waals surface area contributed by atoms with Gasteiger partial charge in [0, 0.05) is 10.6 Å². The Morgan fingerprint density at radius 1 is 1.13 bits per heavy atom. The van der Waals surface area contributed by atoms with Crippen LogP contribution in [0, 0.1) is 5.41 Å². The highest BCUT2D eigenvalue weighted by Gasteiger charge is 2.27. The number of hydrogen-bond donors (Lipinski definition) is 2. The van der Waals surface area contributed by atoms with Gasteiger partial charge in [-0.1, -0.05) is 70.0 Å². The van der Waals surface area contributed by atoms with Crippen LogP contribution in [0.1, 0.15) is 52.2 Å². The van der Waals surface area contributed by atoms with Gasteiger partial charge in [-0.2, -0.15) is 5.10 Å². The van der Waals surface area contributed by atoms with Crippen LogP contribution in [0.25, 0.3) is 0 Å². The Balaban J connectivity index is 1.89.